The molecule has 252 valence electrons. The molecule has 0 saturated heterocycles. The smallest absolute Gasteiger partial charge is 0.160 e. The Balaban J connectivity index is 1.14. The summed E-state index contributed by atoms with van der Waals surface area (Å²) in [6, 6.07) is 67.3. The van der Waals surface area contributed by atoms with Crippen molar-refractivity contribution in [3.8, 4) is 67.5 Å². The minimum absolute atomic E-state index is 0.681. The lowest BCUT2D eigenvalue weighted by Gasteiger charge is -2.14. The molecule has 0 amide bonds. The monoisotopic (exact) mass is 688 g/mol. The molecule has 7 aromatic carbocycles. The molecule has 10 rings (SSSR count). The topological polar surface area (TPSA) is 51.6 Å². The van der Waals surface area contributed by atoms with Crippen molar-refractivity contribution in [3.63, 3.8) is 0 Å². The number of nitrogens with zero attached hydrogens (tertiary/aromatic N) is 4. The first-order valence-corrected chi connectivity index (χ1v) is 18.1. The zero-order chi connectivity index (χ0) is 35.8. The Hall–Kier alpha value is -7.30. The number of aromatic nitrogens is 4. The van der Waals surface area contributed by atoms with Gasteiger partial charge in [-0.2, -0.15) is 0 Å². The molecule has 0 saturated carbocycles. The van der Waals surface area contributed by atoms with Crippen LogP contribution >= 0.6 is 0 Å². The van der Waals surface area contributed by atoms with E-state index in [-0.39, 0.29) is 0 Å². The molecule has 3 heterocycles. The van der Waals surface area contributed by atoms with E-state index in [0.29, 0.717) is 5.82 Å². The minimum atomic E-state index is 0.681. The maximum absolute atomic E-state index is 5.42. The normalized spacial score (nSPS) is 11.3. The number of fused-ring (bicyclic) bond motifs is 5. The van der Waals surface area contributed by atoms with Crippen LogP contribution in [0.2, 0.25) is 0 Å². The SMILES string of the molecule is c1ccc(-c2ccc(-c3cc(-c4ccc5c(c4)nc(-c4ccccc4)c4c6ccc(-c7ccccc7)nc6ccc54)nc(-c4ccccc4)n3)cc2)cc1. The molecule has 0 bridgehead atoms. The van der Waals surface area contributed by atoms with E-state index in [4.69, 9.17) is 19.9 Å². The van der Waals surface area contributed by atoms with E-state index in [2.05, 4.69) is 146 Å². The van der Waals surface area contributed by atoms with Gasteiger partial charge in [0.25, 0.3) is 0 Å². The lowest BCUT2D eigenvalue weighted by atomic mass is 9.95. The van der Waals surface area contributed by atoms with Crippen molar-refractivity contribution in [3.05, 3.63) is 194 Å². The standard InChI is InChI=1S/C50H32N4/c1-5-13-33(14-6-1)34-21-23-36(24-22-34)45-32-46(54-50(53-45)38-19-11-4-12-20-38)39-25-26-40-41-27-30-44-42(28-29-43(51-44)35-15-7-2-8-16-35)48(41)49(52-47(40)31-39)37-17-9-3-10-18-37/h1-32H. The first kappa shape index (κ1) is 31.4. The molecule has 0 aliphatic heterocycles. The van der Waals surface area contributed by atoms with Crippen LogP contribution in [0.5, 0.6) is 0 Å². The molecule has 3 aromatic heterocycles. The first-order valence-electron chi connectivity index (χ1n) is 18.1. The lowest BCUT2D eigenvalue weighted by Crippen LogP contribution is -1.97. The van der Waals surface area contributed by atoms with Crippen LogP contribution < -0.4 is 0 Å². The summed E-state index contributed by atoms with van der Waals surface area (Å²) >= 11 is 0. The first-order chi connectivity index (χ1) is 26.7. The Morgan fingerprint density at radius 2 is 0.759 bits per heavy atom. The van der Waals surface area contributed by atoms with Gasteiger partial charge in [0.1, 0.15) is 0 Å². The molecular weight excluding hydrogens is 657 g/mol. The summed E-state index contributed by atoms with van der Waals surface area (Å²) in [5.74, 6) is 0.681. The molecule has 10 aromatic rings. The molecule has 54 heavy (non-hydrogen) atoms. The highest BCUT2D eigenvalue weighted by atomic mass is 14.9. The van der Waals surface area contributed by atoms with Gasteiger partial charge in [-0.3, -0.25) is 0 Å². The molecule has 0 N–H and O–H groups in total. The van der Waals surface area contributed by atoms with E-state index in [0.717, 1.165) is 83.2 Å². The highest BCUT2D eigenvalue weighted by Crippen LogP contribution is 2.39. The predicted octanol–water partition coefficient (Wildman–Crippen LogP) is 12.7. The van der Waals surface area contributed by atoms with E-state index in [1.807, 2.05) is 48.5 Å². The molecule has 0 aliphatic rings. The van der Waals surface area contributed by atoms with Crippen LogP contribution in [-0.4, -0.2) is 19.9 Å². The number of hydrogen-bond acceptors (Lipinski definition) is 4. The Morgan fingerprint density at radius 3 is 1.44 bits per heavy atom. The highest BCUT2D eigenvalue weighted by molar-refractivity contribution is 6.21. The van der Waals surface area contributed by atoms with Gasteiger partial charge in [-0.1, -0.05) is 164 Å². The molecule has 0 aliphatic carbocycles. The van der Waals surface area contributed by atoms with Crippen molar-refractivity contribution < 1.29 is 0 Å². The van der Waals surface area contributed by atoms with E-state index in [1.165, 1.54) is 11.1 Å². The average molecular weight is 689 g/mol. The summed E-state index contributed by atoms with van der Waals surface area (Å²) in [5, 5.41) is 4.40. The fraction of sp³-hybridized carbons (Fsp3) is 0. The lowest BCUT2D eigenvalue weighted by molar-refractivity contribution is 1.18. The largest absolute Gasteiger partial charge is 0.248 e. The second-order valence-electron chi connectivity index (χ2n) is 13.4. The van der Waals surface area contributed by atoms with Gasteiger partial charge in [0, 0.05) is 44.0 Å². The number of pyridine rings is 2. The minimum Gasteiger partial charge on any atom is -0.248 e. The highest BCUT2D eigenvalue weighted by Gasteiger charge is 2.17. The van der Waals surface area contributed by atoms with Crippen LogP contribution in [0.15, 0.2) is 194 Å². The number of benzene rings is 7. The van der Waals surface area contributed by atoms with Gasteiger partial charge >= 0.3 is 0 Å². The van der Waals surface area contributed by atoms with Gasteiger partial charge in [-0.05, 0) is 46.8 Å². The van der Waals surface area contributed by atoms with Crippen molar-refractivity contribution in [2.75, 3.05) is 0 Å². The Morgan fingerprint density at radius 1 is 0.259 bits per heavy atom. The van der Waals surface area contributed by atoms with Crippen LogP contribution in [0, 0.1) is 0 Å². The van der Waals surface area contributed by atoms with Crippen molar-refractivity contribution in [2.45, 2.75) is 0 Å². The zero-order valence-electron chi connectivity index (χ0n) is 29.3. The third-order valence-electron chi connectivity index (χ3n) is 10.1. The quantitative estimate of drug-likeness (QED) is 0.163. The van der Waals surface area contributed by atoms with Crippen LogP contribution in [-0.2, 0) is 0 Å². The van der Waals surface area contributed by atoms with Crippen LogP contribution in [0.4, 0.5) is 0 Å². The maximum atomic E-state index is 5.42. The summed E-state index contributed by atoms with van der Waals surface area (Å²) < 4.78 is 0. The third kappa shape index (κ3) is 5.76. The van der Waals surface area contributed by atoms with Crippen molar-refractivity contribution >= 4 is 32.6 Å². The molecule has 4 nitrogen and oxygen atoms in total. The van der Waals surface area contributed by atoms with E-state index in [1.54, 1.807) is 0 Å². The Kier molecular flexibility index (Phi) is 7.77. The zero-order valence-corrected chi connectivity index (χ0v) is 29.3. The fourth-order valence-electron chi connectivity index (χ4n) is 7.37. The molecule has 0 spiro atoms. The molecule has 0 radical (unpaired) electrons. The molecule has 0 atom stereocenters. The Bertz CT molecular complexity index is 2950. The van der Waals surface area contributed by atoms with Gasteiger partial charge in [-0.15, -0.1) is 0 Å². The third-order valence-corrected chi connectivity index (χ3v) is 10.1. The second-order valence-corrected chi connectivity index (χ2v) is 13.4. The van der Waals surface area contributed by atoms with Crippen molar-refractivity contribution in [1.29, 1.82) is 0 Å². The van der Waals surface area contributed by atoms with Gasteiger partial charge in [-0.25, -0.2) is 19.9 Å². The summed E-state index contributed by atoms with van der Waals surface area (Å²) in [7, 11) is 0. The Labute approximate surface area is 313 Å². The molecule has 0 unspecified atom stereocenters. The van der Waals surface area contributed by atoms with Crippen LogP contribution in [0.1, 0.15) is 0 Å². The summed E-state index contributed by atoms with van der Waals surface area (Å²) in [5.41, 5.74) is 12.9. The van der Waals surface area contributed by atoms with Gasteiger partial charge in [0.05, 0.1) is 33.8 Å². The maximum Gasteiger partial charge on any atom is 0.160 e. The van der Waals surface area contributed by atoms with Crippen molar-refractivity contribution in [1.82, 2.24) is 19.9 Å². The van der Waals surface area contributed by atoms with Crippen LogP contribution in [0.3, 0.4) is 0 Å². The fourth-order valence-corrected chi connectivity index (χ4v) is 7.37. The second kappa shape index (κ2) is 13.4. The van der Waals surface area contributed by atoms with Gasteiger partial charge < -0.3 is 0 Å². The predicted molar refractivity (Wildman–Crippen MR) is 223 cm³/mol. The molecular formula is C50H32N4. The number of rotatable bonds is 6. The van der Waals surface area contributed by atoms with E-state index < -0.39 is 0 Å². The van der Waals surface area contributed by atoms with Crippen molar-refractivity contribution in [2.24, 2.45) is 0 Å². The van der Waals surface area contributed by atoms with Gasteiger partial charge in [0.15, 0.2) is 5.82 Å². The summed E-state index contributed by atoms with van der Waals surface area (Å²) in [6.45, 7) is 0. The summed E-state index contributed by atoms with van der Waals surface area (Å²) in [6.07, 6.45) is 0. The molecule has 4 heteroatoms. The molecule has 0 fully saturated rings. The van der Waals surface area contributed by atoms with E-state index in [9.17, 15) is 0 Å². The average Bonchev–Trinajstić information content (AvgIpc) is 3.26. The van der Waals surface area contributed by atoms with Crippen LogP contribution in [0.25, 0.3) is 100 Å². The van der Waals surface area contributed by atoms with Gasteiger partial charge in [0.2, 0.25) is 0 Å². The van der Waals surface area contributed by atoms with E-state index >= 15 is 0 Å². The summed E-state index contributed by atoms with van der Waals surface area (Å²) in [4.78, 5) is 20.7. The number of hydrogen-bond donors (Lipinski definition) is 0.